The van der Waals surface area contributed by atoms with Gasteiger partial charge in [-0.15, -0.1) is 0 Å². The molecule has 1 atom stereocenters. The van der Waals surface area contributed by atoms with E-state index in [0.717, 1.165) is 18.5 Å². The molecule has 0 unspecified atom stereocenters. The molecule has 1 saturated heterocycles. The normalized spacial score (nSPS) is 45.8. The summed E-state index contributed by atoms with van der Waals surface area (Å²) in [6.07, 6.45) is 4.03. The lowest BCUT2D eigenvalue weighted by molar-refractivity contribution is 0.108. The summed E-state index contributed by atoms with van der Waals surface area (Å²) in [6, 6.07) is 1.35. The van der Waals surface area contributed by atoms with Crippen LogP contribution in [0, 0.1) is 5.92 Å². The minimum atomic E-state index is 0.464. The highest BCUT2D eigenvalue weighted by Crippen LogP contribution is 2.32. The Balaban J connectivity index is 1.79. The number of hydrogen-bond acceptors (Lipinski definition) is 2. The Bertz CT molecular complexity index is 140. The van der Waals surface area contributed by atoms with Crippen molar-refractivity contribution in [2.75, 3.05) is 13.1 Å². The molecule has 2 fully saturated rings. The highest BCUT2D eigenvalue weighted by atomic mass is 15.2. The second-order valence-corrected chi connectivity index (χ2v) is 4.27. The van der Waals surface area contributed by atoms with Gasteiger partial charge < -0.3 is 5.73 Å². The number of nitrogens with two attached hydrogens (primary N) is 1. The van der Waals surface area contributed by atoms with Gasteiger partial charge >= 0.3 is 0 Å². The fraction of sp³-hybridized carbons (Fsp3) is 1.00. The van der Waals surface area contributed by atoms with Crippen LogP contribution in [0.5, 0.6) is 0 Å². The quantitative estimate of drug-likeness (QED) is 0.606. The van der Waals surface area contributed by atoms with Crippen molar-refractivity contribution in [3.05, 3.63) is 0 Å². The molecule has 2 heteroatoms. The van der Waals surface area contributed by atoms with E-state index in [0.29, 0.717) is 6.04 Å². The van der Waals surface area contributed by atoms with E-state index in [1.54, 1.807) is 0 Å². The van der Waals surface area contributed by atoms with Gasteiger partial charge in [-0.25, -0.2) is 0 Å². The number of nitrogens with zero attached hydrogens (tertiary/aromatic N) is 1. The summed E-state index contributed by atoms with van der Waals surface area (Å²) < 4.78 is 0. The Labute approximate surface area is 68.7 Å². The summed E-state index contributed by atoms with van der Waals surface area (Å²) in [5.41, 5.74) is 5.83. The average Bonchev–Trinajstić information content (AvgIpc) is 2.29. The largest absolute Gasteiger partial charge is 0.326 e. The van der Waals surface area contributed by atoms with Crippen LogP contribution >= 0.6 is 0 Å². The van der Waals surface area contributed by atoms with Crippen LogP contribution in [0.4, 0.5) is 0 Å². The SMILES string of the molecule is CC1CC(N2CC[C@H](N)C2)C1. The van der Waals surface area contributed by atoms with E-state index < -0.39 is 0 Å². The first-order valence-electron chi connectivity index (χ1n) is 4.75. The van der Waals surface area contributed by atoms with Crippen molar-refractivity contribution in [2.24, 2.45) is 11.7 Å². The van der Waals surface area contributed by atoms with E-state index in [2.05, 4.69) is 11.8 Å². The maximum atomic E-state index is 5.83. The molecule has 2 nitrogen and oxygen atoms in total. The predicted octanol–water partition coefficient (Wildman–Crippen LogP) is 0.818. The van der Waals surface area contributed by atoms with Crippen molar-refractivity contribution in [1.29, 1.82) is 0 Å². The minimum absolute atomic E-state index is 0.464. The van der Waals surface area contributed by atoms with Crippen LogP contribution < -0.4 is 5.73 Å². The Kier molecular flexibility index (Phi) is 1.90. The molecule has 64 valence electrons. The van der Waals surface area contributed by atoms with Crippen LogP contribution in [0.25, 0.3) is 0 Å². The predicted molar refractivity (Wildman–Crippen MR) is 46.4 cm³/mol. The van der Waals surface area contributed by atoms with E-state index in [-0.39, 0.29) is 0 Å². The molecule has 1 aliphatic heterocycles. The molecule has 0 amide bonds. The Morgan fingerprint density at radius 1 is 1.36 bits per heavy atom. The lowest BCUT2D eigenvalue weighted by Crippen LogP contribution is -2.43. The molecule has 0 aromatic carbocycles. The van der Waals surface area contributed by atoms with E-state index in [1.807, 2.05) is 0 Å². The average molecular weight is 154 g/mol. The Hall–Kier alpha value is -0.0800. The number of likely N-dealkylation sites (tertiary alicyclic amines) is 1. The van der Waals surface area contributed by atoms with Crippen molar-refractivity contribution in [3.63, 3.8) is 0 Å². The van der Waals surface area contributed by atoms with Crippen LogP contribution in [-0.2, 0) is 0 Å². The summed E-state index contributed by atoms with van der Waals surface area (Å²) >= 11 is 0. The molecule has 0 spiro atoms. The lowest BCUT2D eigenvalue weighted by atomic mass is 9.81. The maximum absolute atomic E-state index is 5.83. The molecule has 1 aliphatic carbocycles. The van der Waals surface area contributed by atoms with Gasteiger partial charge in [0.25, 0.3) is 0 Å². The van der Waals surface area contributed by atoms with Crippen LogP contribution in [0.3, 0.4) is 0 Å². The van der Waals surface area contributed by atoms with Crippen molar-refractivity contribution in [2.45, 2.75) is 38.3 Å². The van der Waals surface area contributed by atoms with Crippen LogP contribution in [0.2, 0.25) is 0 Å². The van der Waals surface area contributed by atoms with Crippen LogP contribution in [0.1, 0.15) is 26.2 Å². The molecule has 0 aromatic rings. The van der Waals surface area contributed by atoms with Crippen molar-refractivity contribution in [1.82, 2.24) is 4.90 Å². The van der Waals surface area contributed by atoms with Crippen molar-refractivity contribution < 1.29 is 0 Å². The van der Waals surface area contributed by atoms with Gasteiger partial charge in [0.05, 0.1) is 0 Å². The zero-order valence-corrected chi connectivity index (χ0v) is 7.29. The minimum Gasteiger partial charge on any atom is -0.326 e. The molecule has 0 radical (unpaired) electrons. The lowest BCUT2D eigenvalue weighted by Gasteiger charge is -2.39. The molecule has 11 heavy (non-hydrogen) atoms. The Morgan fingerprint density at radius 2 is 2.09 bits per heavy atom. The highest BCUT2D eigenvalue weighted by Gasteiger charge is 2.33. The van der Waals surface area contributed by atoms with Gasteiger partial charge in [-0.3, -0.25) is 4.90 Å². The smallest absolute Gasteiger partial charge is 0.0180 e. The maximum Gasteiger partial charge on any atom is 0.0180 e. The molecule has 2 rings (SSSR count). The zero-order valence-electron chi connectivity index (χ0n) is 7.29. The fourth-order valence-electron chi connectivity index (χ4n) is 2.31. The van der Waals surface area contributed by atoms with Crippen LogP contribution in [-0.4, -0.2) is 30.1 Å². The van der Waals surface area contributed by atoms with Gasteiger partial charge in [0.15, 0.2) is 0 Å². The monoisotopic (exact) mass is 154 g/mol. The van der Waals surface area contributed by atoms with Crippen molar-refractivity contribution in [3.8, 4) is 0 Å². The summed E-state index contributed by atoms with van der Waals surface area (Å²) in [5.74, 6) is 0.969. The Morgan fingerprint density at radius 3 is 2.55 bits per heavy atom. The molecular formula is C9H18N2. The van der Waals surface area contributed by atoms with Gasteiger partial charge in [0.2, 0.25) is 0 Å². The molecule has 0 bridgehead atoms. The standard InChI is InChI=1S/C9H18N2/c1-7-4-9(5-7)11-3-2-8(10)6-11/h7-9H,2-6,10H2,1H3/t7?,8-,9?/m0/s1. The van der Waals surface area contributed by atoms with Crippen LogP contribution in [0.15, 0.2) is 0 Å². The first kappa shape index (κ1) is 7.56. The third kappa shape index (κ3) is 1.42. The van der Waals surface area contributed by atoms with E-state index in [1.165, 1.54) is 25.8 Å². The second-order valence-electron chi connectivity index (χ2n) is 4.27. The fourth-order valence-corrected chi connectivity index (χ4v) is 2.31. The summed E-state index contributed by atoms with van der Waals surface area (Å²) in [6.45, 7) is 4.74. The second kappa shape index (κ2) is 2.76. The van der Waals surface area contributed by atoms with Gasteiger partial charge in [-0.05, 0) is 25.2 Å². The van der Waals surface area contributed by atoms with E-state index in [4.69, 9.17) is 5.73 Å². The van der Waals surface area contributed by atoms with Gasteiger partial charge in [0.1, 0.15) is 0 Å². The molecule has 1 saturated carbocycles. The summed E-state index contributed by atoms with van der Waals surface area (Å²) in [7, 11) is 0. The molecule has 1 heterocycles. The third-order valence-electron chi connectivity index (χ3n) is 3.12. The molecular weight excluding hydrogens is 136 g/mol. The number of rotatable bonds is 1. The van der Waals surface area contributed by atoms with Gasteiger partial charge in [-0.1, -0.05) is 6.92 Å². The molecule has 0 aromatic heterocycles. The molecule has 2 aliphatic rings. The first-order valence-corrected chi connectivity index (χ1v) is 4.75. The summed E-state index contributed by atoms with van der Waals surface area (Å²) in [5, 5.41) is 0. The van der Waals surface area contributed by atoms with E-state index >= 15 is 0 Å². The zero-order chi connectivity index (χ0) is 7.84. The van der Waals surface area contributed by atoms with Crippen molar-refractivity contribution >= 4 is 0 Å². The molecule has 2 N–H and O–H groups in total. The highest BCUT2D eigenvalue weighted by molar-refractivity contribution is 4.90. The third-order valence-corrected chi connectivity index (χ3v) is 3.12. The van der Waals surface area contributed by atoms with E-state index in [9.17, 15) is 0 Å². The number of hydrogen-bond donors (Lipinski definition) is 1. The summed E-state index contributed by atoms with van der Waals surface area (Å²) in [4.78, 5) is 2.57. The first-order chi connectivity index (χ1) is 5.25. The topological polar surface area (TPSA) is 29.3 Å². The van der Waals surface area contributed by atoms with Gasteiger partial charge in [-0.2, -0.15) is 0 Å². The van der Waals surface area contributed by atoms with Gasteiger partial charge in [0, 0.05) is 25.2 Å².